The first kappa shape index (κ1) is 12.9. The Bertz CT molecular complexity index is 382. The number of ether oxygens (including phenoxy) is 2. The molecule has 2 N–H and O–H groups in total. The van der Waals surface area contributed by atoms with Crippen LogP contribution in [0, 0.1) is 0 Å². The van der Waals surface area contributed by atoms with Gasteiger partial charge in [0.05, 0.1) is 18.8 Å². The Morgan fingerprint density at radius 2 is 2.22 bits per heavy atom. The van der Waals surface area contributed by atoms with Crippen LogP contribution in [0.1, 0.15) is 12.0 Å². The van der Waals surface area contributed by atoms with Crippen molar-refractivity contribution >= 4 is 6.09 Å². The maximum Gasteiger partial charge on any atom is 0.407 e. The molecule has 1 aliphatic heterocycles. The first-order chi connectivity index (χ1) is 8.75. The van der Waals surface area contributed by atoms with E-state index in [1.165, 1.54) is 0 Å². The quantitative estimate of drug-likeness (QED) is 0.843. The molecule has 0 saturated carbocycles. The van der Waals surface area contributed by atoms with E-state index in [0.29, 0.717) is 13.0 Å². The average Bonchev–Trinajstić information content (AvgIpc) is 2.40. The molecule has 1 aromatic carbocycles. The van der Waals surface area contributed by atoms with Gasteiger partial charge in [0.2, 0.25) is 0 Å². The maximum atomic E-state index is 11.5. The maximum absolute atomic E-state index is 11.5. The van der Waals surface area contributed by atoms with E-state index in [4.69, 9.17) is 9.47 Å². The van der Waals surface area contributed by atoms with E-state index in [0.717, 1.165) is 5.56 Å². The number of aliphatic hydroxyl groups is 1. The zero-order chi connectivity index (χ0) is 12.8. The largest absolute Gasteiger partial charge is 0.445 e. The van der Waals surface area contributed by atoms with Gasteiger partial charge in [0.15, 0.2) is 0 Å². The Hall–Kier alpha value is -1.59. The number of benzene rings is 1. The fourth-order valence-corrected chi connectivity index (χ4v) is 1.81. The van der Waals surface area contributed by atoms with E-state index in [9.17, 15) is 9.90 Å². The smallest absolute Gasteiger partial charge is 0.407 e. The van der Waals surface area contributed by atoms with Gasteiger partial charge in [-0.25, -0.2) is 4.79 Å². The predicted molar refractivity (Wildman–Crippen MR) is 65.0 cm³/mol. The van der Waals surface area contributed by atoms with Crippen molar-refractivity contribution in [3.05, 3.63) is 35.9 Å². The van der Waals surface area contributed by atoms with Crippen molar-refractivity contribution in [2.24, 2.45) is 0 Å². The third-order valence-corrected chi connectivity index (χ3v) is 2.84. The first-order valence-electron chi connectivity index (χ1n) is 5.99. The molecule has 0 aliphatic carbocycles. The average molecular weight is 251 g/mol. The van der Waals surface area contributed by atoms with E-state index in [2.05, 4.69) is 5.32 Å². The molecule has 98 valence electrons. The Balaban J connectivity index is 1.75. The van der Waals surface area contributed by atoms with E-state index in [1.54, 1.807) is 0 Å². The summed E-state index contributed by atoms with van der Waals surface area (Å²) in [6.45, 7) is 1.02. The summed E-state index contributed by atoms with van der Waals surface area (Å²) in [7, 11) is 0. The van der Waals surface area contributed by atoms with E-state index < -0.39 is 12.2 Å². The topological polar surface area (TPSA) is 67.8 Å². The van der Waals surface area contributed by atoms with Crippen molar-refractivity contribution in [1.29, 1.82) is 0 Å². The van der Waals surface area contributed by atoms with Crippen molar-refractivity contribution in [1.82, 2.24) is 5.32 Å². The fourth-order valence-electron chi connectivity index (χ4n) is 1.81. The Labute approximate surface area is 106 Å². The number of amides is 1. The minimum absolute atomic E-state index is 0.228. The molecule has 1 fully saturated rings. The van der Waals surface area contributed by atoms with E-state index >= 15 is 0 Å². The van der Waals surface area contributed by atoms with Crippen molar-refractivity contribution in [2.45, 2.75) is 25.2 Å². The van der Waals surface area contributed by atoms with Gasteiger partial charge in [-0.1, -0.05) is 30.3 Å². The van der Waals surface area contributed by atoms with Crippen LogP contribution in [0.25, 0.3) is 0 Å². The number of hydrogen-bond acceptors (Lipinski definition) is 4. The number of nitrogens with one attached hydrogen (secondary N) is 1. The molecule has 1 heterocycles. The highest BCUT2D eigenvalue weighted by Crippen LogP contribution is 2.08. The zero-order valence-corrected chi connectivity index (χ0v) is 10.0. The highest BCUT2D eigenvalue weighted by Gasteiger charge is 2.25. The third kappa shape index (κ3) is 3.72. The van der Waals surface area contributed by atoms with Gasteiger partial charge in [0, 0.05) is 6.61 Å². The second kappa shape index (κ2) is 6.37. The highest BCUT2D eigenvalue weighted by molar-refractivity contribution is 5.67. The van der Waals surface area contributed by atoms with Crippen LogP contribution >= 0.6 is 0 Å². The molecule has 0 spiro atoms. The van der Waals surface area contributed by atoms with E-state index in [-0.39, 0.29) is 19.3 Å². The van der Waals surface area contributed by atoms with Crippen LogP contribution in [0.2, 0.25) is 0 Å². The highest BCUT2D eigenvalue weighted by atomic mass is 16.5. The third-order valence-electron chi connectivity index (χ3n) is 2.84. The number of carbonyl (C=O) groups is 1. The number of alkyl carbamates (subject to hydrolysis) is 1. The van der Waals surface area contributed by atoms with Crippen LogP contribution in [0.3, 0.4) is 0 Å². The lowest BCUT2D eigenvalue weighted by atomic mass is 10.1. The van der Waals surface area contributed by atoms with Gasteiger partial charge >= 0.3 is 6.09 Å². The van der Waals surface area contributed by atoms with Crippen molar-refractivity contribution in [3.63, 3.8) is 0 Å². The number of rotatable bonds is 3. The van der Waals surface area contributed by atoms with Gasteiger partial charge in [0.25, 0.3) is 0 Å². The molecule has 2 atom stereocenters. The molecular formula is C13H17NO4. The summed E-state index contributed by atoms with van der Waals surface area (Å²) < 4.78 is 10.2. The molecule has 0 unspecified atom stereocenters. The summed E-state index contributed by atoms with van der Waals surface area (Å²) in [6, 6.07) is 9.16. The molecule has 0 radical (unpaired) electrons. The molecule has 1 saturated heterocycles. The molecule has 0 aromatic heterocycles. The summed E-state index contributed by atoms with van der Waals surface area (Å²) in [6.07, 6.45) is -0.574. The summed E-state index contributed by atoms with van der Waals surface area (Å²) in [4.78, 5) is 11.5. The lowest BCUT2D eigenvalue weighted by Crippen LogP contribution is -2.48. The molecule has 1 aromatic rings. The SMILES string of the molecule is O=C(N[C@@H]1CCOC[C@@H]1O)OCc1ccccc1. The van der Waals surface area contributed by atoms with Crippen molar-refractivity contribution in [2.75, 3.05) is 13.2 Å². The van der Waals surface area contributed by atoms with Crippen molar-refractivity contribution in [3.8, 4) is 0 Å². The monoisotopic (exact) mass is 251 g/mol. The molecule has 2 rings (SSSR count). The molecule has 18 heavy (non-hydrogen) atoms. The van der Waals surface area contributed by atoms with Crippen molar-refractivity contribution < 1.29 is 19.4 Å². The lowest BCUT2D eigenvalue weighted by molar-refractivity contribution is -0.0274. The Kier molecular flexibility index (Phi) is 4.55. The second-order valence-corrected chi connectivity index (χ2v) is 4.24. The number of hydrogen-bond donors (Lipinski definition) is 2. The van der Waals surface area contributed by atoms with Gasteiger partial charge in [-0.05, 0) is 12.0 Å². The summed E-state index contributed by atoms with van der Waals surface area (Å²) >= 11 is 0. The van der Waals surface area contributed by atoms with Crippen LogP contribution in [-0.2, 0) is 16.1 Å². The number of carbonyl (C=O) groups excluding carboxylic acids is 1. The van der Waals surface area contributed by atoms with Gasteiger partial charge in [-0.3, -0.25) is 0 Å². The van der Waals surface area contributed by atoms with Crippen LogP contribution in [0.5, 0.6) is 0 Å². The molecule has 1 amide bonds. The molecule has 5 nitrogen and oxygen atoms in total. The Morgan fingerprint density at radius 3 is 2.94 bits per heavy atom. The summed E-state index contributed by atoms with van der Waals surface area (Å²) in [5.41, 5.74) is 0.931. The number of aliphatic hydroxyl groups excluding tert-OH is 1. The summed E-state index contributed by atoms with van der Waals surface area (Å²) in [5, 5.41) is 12.3. The van der Waals surface area contributed by atoms with Crippen LogP contribution in [0.4, 0.5) is 4.79 Å². The minimum Gasteiger partial charge on any atom is -0.445 e. The zero-order valence-electron chi connectivity index (χ0n) is 10.0. The van der Waals surface area contributed by atoms with Crippen LogP contribution in [-0.4, -0.2) is 36.6 Å². The van der Waals surface area contributed by atoms with Crippen LogP contribution < -0.4 is 5.32 Å². The molecule has 5 heteroatoms. The normalized spacial score (nSPS) is 23.4. The minimum atomic E-state index is -0.664. The van der Waals surface area contributed by atoms with E-state index in [1.807, 2.05) is 30.3 Å². The first-order valence-corrected chi connectivity index (χ1v) is 5.99. The van der Waals surface area contributed by atoms with Gasteiger partial charge in [-0.2, -0.15) is 0 Å². The lowest BCUT2D eigenvalue weighted by Gasteiger charge is -2.27. The second-order valence-electron chi connectivity index (χ2n) is 4.24. The molecular weight excluding hydrogens is 234 g/mol. The molecule has 1 aliphatic rings. The van der Waals surface area contributed by atoms with Crippen LogP contribution in [0.15, 0.2) is 30.3 Å². The van der Waals surface area contributed by atoms with Gasteiger partial charge in [-0.15, -0.1) is 0 Å². The fraction of sp³-hybridized carbons (Fsp3) is 0.462. The Morgan fingerprint density at radius 1 is 1.44 bits per heavy atom. The predicted octanol–water partition coefficient (Wildman–Crippen LogP) is 1.06. The summed E-state index contributed by atoms with van der Waals surface area (Å²) in [5.74, 6) is 0. The standard InChI is InChI=1S/C13H17NO4/c15-12-9-17-7-6-11(12)14-13(16)18-8-10-4-2-1-3-5-10/h1-5,11-12,15H,6-9H2,(H,14,16)/t11-,12+/m1/s1. The van der Waals surface area contributed by atoms with Gasteiger partial charge < -0.3 is 19.9 Å². The molecule has 0 bridgehead atoms. The van der Waals surface area contributed by atoms with Gasteiger partial charge in [0.1, 0.15) is 6.61 Å².